The number of esters is 3. The molecule has 1 aromatic carbocycles. The third kappa shape index (κ3) is 3.65. The van der Waals surface area contributed by atoms with E-state index in [9.17, 15) is 18.8 Å². The van der Waals surface area contributed by atoms with Gasteiger partial charge in [-0.1, -0.05) is 0 Å². The monoisotopic (exact) mass is 323 g/mol. The molecule has 0 unspecified atom stereocenters. The molecule has 0 aliphatic carbocycles. The summed E-state index contributed by atoms with van der Waals surface area (Å²) in [6.07, 6.45) is 0.982. The molecule has 1 N–H and O–H groups in total. The quantitative estimate of drug-likeness (QED) is 0.515. The van der Waals surface area contributed by atoms with Crippen molar-refractivity contribution in [2.45, 2.75) is 19.6 Å². The second-order valence-electron chi connectivity index (χ2n) is 5.07. The van der Waals surface area contributed by atoms with Crippen LogP contribution in [0.3, 0.4) is 0 Å². The fraction of sp³-hybridized carbons (Fsp3) is 0.267. The average molecular weight is 323 g/mol. The van der Waals surface area contributed by atoms with Crippen molar-refractivity contribution in [3.8, 4) is 0 Å². The number of hydrogen-bond acceptors (Lipinski definition) is 7. The SMILES string of the molecule is COC(=O)c1ccc(NC=C2C(=O)OC(C)(C)OC2=O)c(F)c1. The van der Waals surface area contributed by atoms with Gasteiger partial charge in [0.15, 0.2) is 5.57 Å². The number of cyclic esters (lactones) is 2. The normalized spacial score (nSPS) is 16.3. The standard InChI is InChI=1S/C15H14FNO6/c1-15(2)22-13(19)9(14(20)23-15)7-17-11-5-4-8(6-10(11)16)12(18)21-3/h4-7,17H,1-3H3. The van der Waals surface area contributed by atoms with Crippen molar-refractivity contribution < 1.29 is 33.0 Å². The van der Waals surface area contributed by atoms with Crippen LogP contribution in [0.1, 0.15) is 24.2 Å². The molecule has 0 amide bonds. The largest absolute Gasteiger partial charge is 0.465 e. The number of benzene rings is 1. The van der Waals surface area contributed by atoms with Crippen molar-refractivity contribution in [1.29, 1.82) is 0 Å². The topological polar surface area (TPSA) is 90.9 Å². The van der Waals surface area contributed by atoms with E-state index in [0.717, 1.165) is 12.3 Å². The predicted octanol–water partition coefficient (Wildman–Crippen LogP) is 1.74. The molecular weight excluding hydrogens is 309 g/mol. The van der Waals surface area contributed by atoms with Crippen molar-refractivity contribution in [1.82, 2.24) is 0 Å². The summed E-state index contributed by atoms with van der Waals surface area (Å²) < 4.78 is 28.2. The molecule has 1 saturated heterocycles. The first-order valence-corrected chi connectivity index (χ1v) is 6.55. The van der Waals surface area contributed by atoms with Gasteiger partial charge in [0.2, 0.25) is 0 Å². The van der Waals surface area contributed by atoms with Crippen molar-refractivity contribution in [3.63, 3.8) is 0 Å². The molecule has 0 spiro atoms. The Morgan fingerprint density at radius 1 is 1.26 bits per heavy atom. The molecule has 1 heterocycles. The number of hydrogen-bond donors (Lipinski definition) is 1. The van der Waals surface area contributed by atoms with Gasteiger partial charge in [0.1, 0.15) is 5.82 Å². The Balaban J connectivity index is 2.18. The van der Waals surface area contributed by atoms with E-state index >= 15 is 0 Å². The Kier molecular flexibility index (Phi) is 4.35. The lowest BCUT2D eigenvalue weighted by molar-refractivity contribution is -0.222. The van der Waals surface area contributed by atoms with Crippen molar-refractivity contribution in [3.05, 3.63) is 41.4 Å². The fourth-order valence-electron chi connectivity index (χ4n) is 1.81. The van der Waals surface area contributed by atoms with Crippen LogP contribution in [0, 0.1) is 5.82 Å². The lowest BCUT2D eigenvalue weighted by Gasteiger charge is -2.29. The zero-order chi connectivity index (χ0) is 17.2. The molecule has 0 atom stereocenters. The third-order valence-corrected chi connectivity index (χ3v) is 2.88. The van der Waals surface area contributed by atoms with Gasteiger partial charge < -0.3 is 19.5 Å². The van der Waals surface area contributed by atoms with Crippen LogP contribution in [0.5, 0.6) is 0 Å². The van der Waals surface area contributed by atoms with Gasteiger partial charge in [0, 0.05) is 20.0 Å². The van der Waals surface area contributed by atoms with Crippen LogP contribution in [0.25, 0.3) is 0 Å². The maximum atomic E-state index is 13.9. The van der Waals surface area contributed by atoms with E-state index in [2.05, 4.69) is 10.1 Å². The van der Waals surface area contributed by atoms with E-state index in [1.54, 1.807) is 0 Å². The molecular formula is C15H14FNO6. The number of rotatable bonds is 3. The first kappa shape index (κ1) is 16.5. The molecule has 0 radical (unpaired) electrons. The summed E-state index contributed by atoms with van der Waals surface area (Å²) in [7, 11) is 1.18. The van der Waals surface area contributed by atoms with E-state index < -0.39 is 35.1 Å². The number of ether oxygens (including phenoxy) is 3. The molecule has 1 aliphatic rings. The zero-order valence-electron chi connectivity index (χ0n) is 12.6. The minimum Gasteiger partial charge on any atom is -0.465 e. The number of carbonyl (C=O) groups excluding carboxylic acids is 3. The maximum absolute atomic E-state index is 13.9. The molecule has 2 rings (SSSR count). The smallest absolute Gasteiger partial charge is 0.350 e. The maximum Gasteiger partial charge on any atom is 0.350 e. The highest BCUT2D eigenvalue weighted by atomic mass is 19.1. The van der Waals surface area contributed by atoms with Crippen LogP contribution in [0.2, 0.25) is 0 Å². The minimum atomic E-state index is -1.35. The molecule has 23 heavy (non-hydrogen) atoms. The lowest BCUT2D eigenvalue weighted by Crippen LogP contribution is -2.42. The first-order valence-electron chi connectivity index (χ1n) is 6.55. The summed E-state index contributed by atoms with van der Waals surface area (Å²) in [5, 5.41) is 2.46. The zero-order valence-corrected chi connectivity index (χ0v) is 12.6. The molecule has 0 bridgehead atoms. The second-order valence-corrected chi connectivity index (χ2v) is 5.07. The van der Waals surface area contributed by atoms with Crippen LogP contribution in [-0.4, -0.2) is 30.8 Å². The van der Waals surface area contributed by atoms with Crippen LogP contribution in [0.4, 0.5) is 10.1 Å². The van der Waals surface area contributed by atoms with Gasteiger partial charge in [-0.05, 0) is 18.2 Å². The number of carbonyl (C=O) groups is 3. The summed E-state index contributed by atoms with van der Waals surface area (Å²) in [4.78, 5) is 34.7. The number of methoxy groups -OCH3 is 1. The van der Waals surface area contributed by atoms with Crippen molar-refractivity contribution in [2.24, 2.45) is 0 Å². The summed E-state index contributed by atoms with van der Waals surface area (Å²) in [6, 6.07) is 3.56. The summed E-state index contributed by atoms with van der Waals surface area (Å²) in [5.74, 6) is -4.56. The molecule has 122 valence electrons. The van der Waals surface area contributed by atoms with Crippen LogP contribution < -0.4 is 5.32 Å². The lowest BCUT2D eigenvalue weighted by atomic mass is 10.2. The van der Waals surface area contributed by atoms with Crippen LogP contribution in [0.15, 0.2) is 30.0 Å². The van der Waals surface area contributed by atoms with Crippen molar-refractivity contribution in [2.75, 3.05) is 12.4 Å². The highest BCUT2D eigenvalue weighted by Crippen LogP contribution is 2.23. The minimum absolute atomic E-state index is 0.0291. The Morgan fingerprint density at radius 2 is 1.87 bits per heavy atom. The van der Waals surface area contributed by atoms with E-state index in [1.165, 1.54) is 33.1 Å². The number of nitrogens with one attached hydrogen (secondary N) is 1. The highest BCUT2D eigenvalue weighted by Gasteiger charge is 2.38. The fourth-order valence-corrected chi connectivity index (χ4v) is 1.81. The molecule has 8 heteroatoms. The van der Waals surface area contributed by atoms with Crippen molar-refractivity contribution >= 4 is 23.6 Å². The third-order valence-electron chi connectivity index (χ3n) is 2.88. The summed E-state index contributed by atoms with van der Waals surface area (Å²) >= 11 is 0. The summed E-state index contributed by atoms with van der Waals surface area (Å²) in [5.41, 5.74) is -0.419. The Hall–Kier alpha value is -2.90. The van der Waals surface area contributed by atoms with Crippen LogP contribution in [-0.2, 0) is 23.8 Å². The van der Waals surface area contributed by atoms with Gasteiger partial charge in [-0.25, -0.2) is 18.8 Å². The van der Waals surface area contributed by atoms with Gasteiger partial charge in [-0.2, -0.15) is 0 Å². The second kappa shape index (κ2) is 6.07. The van der Waals surface area contributed by atoms with E-state index in [-0.39, 0.29) is 11.3 Å². The first-order chi connectivity index (χ1) is 10.7. The molecule has 0 aromatic heterocycles. The van der Waals surface area contributed by atoms with Gasteiger partial charge in [0.05, 0.1) is 18.4 Å². The molecule has 1 fully saturated rings. The number of anilines is 1. The molecule has 1 aliphatic heterocycles. The molecule has 7 nitrogen and oxygen atoms in total. The Bertz CT molecular complexity index is 688. The Labute approximate surface area is 131 Å². The summed E-state index contributed by atoms with van der Waals surface area (Å²) in [6.45, 7) is 2.83. The van der Waals surface area contributed by atoms with E-state index in [1.807, 2.05) is 0 Å². The molecule has 0 saturated carbocycles. The predicted molar refractivity (Wildman–Crippen MR) is 75.7 cm³/mol. The number of halogens is 1. The van der Waals surface area contributed by atoms with Gasteiger partial charge in [0.25, 0.3) is 5.79 Å². The molecule has 1 aromatic rings. The average Bonchev–Trinajstić information content (AvgIpc) is 2.45. The van der Waals surface area contributed by atoms with Gasteiger partial charge >= 0.3 is 17.9 Å². The van der Waals surface area contributed by atoms with Gasteiger partial charge in [-0.15, -0.1) is 0 Å². The Morgan fingerprint density at radius 3 is 2.39 bits per heavy atom. The highest BCUT2D eigenvalue weighted by molar-refractivity contribution is 6.15. The van der Waals surface area contributed by atoms with E-state index in [4.69, 9.17) is 9.47 Å². The van der Waals surface area contributed by atoms with Crippen LogP contribution >= 0.6 is 0 Å². The van der Waals surface area contributed by atoms with Gasteiger partial charge in [-0.3, -0.25) is 0 Å². The van der Waals surface area contributed by atoms with E-state index in [0.29, 0.717) is 0 Å².